The predicted molar refractivity (Wildman–Crippen MR) is 89.6 cm³/mol. The molecule has 0 saturated carbocycles. The van der Waals surface area contributed by atoms with E-state index in [-0.39, 0.29) is 12.1 Å². The second kappa shape index (κ2) is 10.1. The van der Waals surface area contributed by atoms with Crippen molar-refractivity contribution in [2.75, 3.05) is 27.3 Å². The van der Waals surface area contributed by atoms with E-state index in [4.69, 9.17) is 19.8 Å². The van der Waals surface area contributed by atoms with E-state index in [9.17, 15) is 4.79 Å². The zero-order chi connectivity index (χ0) is 17.9. The largest absolute Gasteiger partial charge is 0.493 e. The maximum atomic E-state index is 11.9. The summed E-state index contributed by atoms with van der Waals surface area (Å²) >= 11 is 0. The third-order valence-electron chi connectivity index (χ3n) is 3.17. The van der Waals surface area contributed by atoms with Gasteiger partial charge in [-0.2, -0.15) is 5.26 Å². The molecule has 0 bridgehead atoms. The highest BCUT2D eigenvalue weighted by atomic mass is 16.5. The van der Waals surface area contributed by atoms with Gasteiger partial charge < -0.3 is 25.2 Å². The molecule has 0 aromatic heterocycles. The maximum absolute atomic E-state index is 11.9. The van der Waals surface area contributed by atoms with Gasteiger partial charge >= 0.3 is 0 Å². The second-order valence-corrected chi connectivity index (χ2v) is 5.12. The quantitative estimate of drug-likeness (QED) is 0.455. The van der Waals surface area contributed by atoms with Crippen LogP contribution in [0.2, 0.25) is 0 Å². The van der Waals surface area contributed by atoms with Crippen molar-refractivity contribution < 1.29 is 19.4 Å². The number of hydrogen-bond donors (Lipinski definition) is 3. The highest BCUT2D eigenvalue weighted by molar-refractivity contribution is 5.97. The van der Waals surface area contributed by atoms with Crippen molar-refractivity contribution in [3.63, 3.8) is 0 Å². The van der Waals surface area contributed by atoms with Gasteiger partial charge in [-0.25, -0.2) is 0 Å². The molecule has 0 aliphatic rings. The van der Waals surface area contributed by atoms with E-state index in [0.717, 1.165) is 5.56 Å². The standard InChI is InChI=1S/C17H23N3O4/c1-12(21)10-19-11-14(9-18)17(22)20-7-6-13-4-5-15(23-2)16(8-13)24-3/h4-5,8,11-12,19,21H,6-7,10H2,1-3H3,(H,20,22)/b14-11-. The fraction of sp³-hybridized carbons (Fsp3) is 0.412. The topological polar surface area (TPSA) is 104 Å². The number of nitrogens with zero attached hydrogens (tertiary/aromatic N) is 1. The summed E-state index contributed by atoms with van der Waals surface area (Å²) in [5, 5.41) is 23.5. The van der Waals surface area contributed by atoms with Crippen molar-refractivity contribution in [3.05, 3.63) is 35.5 Å². The first-order valence-corrected chi connectivity index (χ1v) is 7.52. The lowest BCUT2D eigenvalue weighted by atomic mass is 10.1. The first kappa shape index (κ1) is 19.3. The van der Waals surface area contributed by atoms with E-state index >= 15 is 0 Å². The molecule has 1 atom stereocenters. The fourth-order valence-corrected chi connectivity index (χ4v) is 1.93. The summed E-state index contributed by atoms with van der Waals surface area (Å²) in [4.78, 5) is 11.9. The number of aliphatic hydroxyl groups is 1. The molecule has 7 heteroatoms. The van der Waals surface area contributed by atoms with E-state index in [1.807, 2.05) is 18.2 Å². The number of benzene rings is 1. The molecule has 7 nitrogen and oxygen atoms in total. The van der Waals surface area contributed by atoms with Gasteiger partial charge in [-0.3, -0.25) is 4.79 Å². The molecule has 1 aromatic rings. The molecule has 1 aromatic carbocycles. The summed E-state index contributed by atoms with van der Waals surface area (Å²) in [5.41, 5.74) is 0.936. The van der Waals surface area contributed by atoms with E-state index in [1.54, 1.807) is 27.2 Å². The Morgan fingerprint density at radius 2 is 2.08 bits per heavy atom. The summed E-state index contributed by atoms with van der Waals surface area (Å²) in [5.74, 6) is 0.807. The van der Waals surface area contributed by atoms with Crippen LogP contribution in [-0.2, 0) is 11.2 Å². The Kier molecular flexibility index (Phi) is 8.16. The molecular formula is C17H23N3O4. The average Bonchev–Trinajstić information content (AvgIpc) is 2.58. The number of ether oxygens (including phenoxy) is 2. The van der Waals surface area contributed by atoms with Gasteiger partial charge in [0.25, 0.3) is 5.91 Å². The molecule has 1 amide bonds. The lowest BCUT2D eigenvalue weighted by Gasteiger charge is -2.10. The van der Waals surface area contributed by atoms with Crippen LogP contribution in [0.1, 0.15) is 12.5 Å². The molecule has 0 radical (unpaired) electrons. The van der Waals surface area contributed by atoms with Crippen LogP contribution >= 0.6 is 0 Å². The zero-order valence-electron chi connectivity index (χ0n) is 14.1. The number of aliphatic hydroxyl groups excluding tert-OH is 1. The highest BCUT2D eigenvalue weighted by Gasteiger charge is 2.09. The van der Waals surface area contributed by atoms with Crippen LogP contribution in [0.25, 0.3) is 0 Å². The van der Waals surface area contributed by atoms with Gasteiger partial charge in [0, 0.05) is 19.3 Å². The molecule has 1 rings (SSSR count). The van der Waals surface area contributed by atoms with Crippen molar-refractivity contribution in [3.8, 4) is 17.6 Å². The van der Waals surface area contributed by atoms with Gasteiger partial charge in [0.1, 0.15) is 11.6 Å². The number of hydrogen-bond acceptors (Lipinski definition) is 6. The first-order chi connectivity index (χ1) is 11.5. The van der Waals surface area contributed by atoms with Gasteiger partial charge in [-0.1, -0.05) is 6.07 Å². The minimum absolute atomic E-state index is 0.0389. The molecule has 0 heterocycles. The number of rotatable bonds is 9. The third-order valence-corrected chi connectivity index (χ3v) is 3.17. The van der Waals surface area contributed by atoms with Crippen LogP contribution in [0.5, 0.6) is 11.5 Å². The maximum Gasteiger partial charge on any atom is 0.263 e. The summed E-state index contributed by atoms with van der Waals surface area (Å²) in [6, 6.07) is 7.36. The summed E-state index contributed by atoms with van der Waals surface area (Å²) in [6.07, 6.45) is 1.33. The first-order valence-electron chi connectivity index (χ1n) is 7.52. The fourth-order valence-electron chi connectivity index (χ4n) is 1.93. The monoisotopic (exact) mass is 333 g/mol. The number of carbonyl (C=O) groups is 1. The zero-order valence-corrected chi connectivity index (χ0v) is 14.1. The van der Waals surface area contributed by atoms with E-state index in [0.29, 0.717) is 24.5 Å². The number of nitrogens with one attached hydrogen (secondary N) is 2. The Morgan fingerprint density at radius 3 is 2.67 bits per heavy atom. The van der Waals surface area contributed by atoms with Crippen molar-refractivity contribution in [2.24, 2.45) is 0 Å². The van der Waals surface area contributed by atoms with Gasteiger partial charge in [-0.15, -0.1) is 0 Å². The average molecular weight is 333 g/mol. The highest BCUT2D eigenvalue weighted by Crippen LogP contribution is 2.27. The molecular weight excluding hydrogens is 310 g/mol. The normalized spacial score (nSPS) is 12.0. The molecule has 0 saturated heterocycles. The Hall–Kier alpha value is -2.72. The molecule has 0 aliphatic carbocycles. The molecule has 24 heavy (non-hydrogen) atoms. The van der Waals surface area contributed by atoms with Crippen LogP contribution in [0.3, 0.4) is 0 Å². The molecule has 0 aliphatic heterocycles. The van der Waals surface area contributed by atoms with Crippen molar-refractivity contribution in [1.29, 1.82) is 5.26 Å². The molecule has 0 fully saturated rings. The summed E-state index contributed by atoms with van der Waals surface area (Å²) in [6.45, 7) is 2.25. The van der Waals surface area contributed by atoms with Gasteiger partial charge in [-0.05, 0) is 31.0 Å². The van der Waals surface area contributed by atoms with Gasteiger partial charge in [0.05, 0.1) is 20.3 Å². The number of carbonyl (C=O) groups excluding carboxylic acids is 1. The van der Waals surface area contributed by atoms with Crippen LogP contribution in [0.15, 0.2) is 30.0 Å². The van der Waals surface area contributed by atoms with Crippen molar-refractivity contribution in [1.82, 2.24) is 10.6 Å². The van der Waals surface area contributed by atoms with Crippen LogP contribution in [0, 0.1) is 11.3 Å². The third kappa shape index (κ3) is 6.18. The lowest BCUT2D eigenvalue weighted by Crippen LogP contribution is -2.28. The van der Waals surface area contributed by atoms with E-state index in [2.05, 4.69) is 10.6 Å². The predicted octanol–water partition coefficient (Wildman–Crippen LogP) is 0.740. The molecule has 1 unspecified atom stereocenters. The summed E-state index contributed by atoms with van der Waals surface area (Å²) in [7, 11) is 3.13. The van der Waals surface area contributed by atoms with Crippen molar-refractivity contribution >= 4 is 5.91 Å². The second-order valence-electron chi connectivity index (χ2n) is 5.12. The van der Waals surface area contributed by atoms with Crippen molar-refractivity contribution in [2.45, 2.75) is 19.4 Å². The summed E-state index contributed by atoms with van der Waals surface area (Å²) < 4.78 is 10.4. The van der Waals surface area contributed by atoms with E-state index < -0.39 is 12.0 Å². The Labute approximate surface area is 141 Å². The Balaban J connectivity index is 2.54. The number of nitriles is 1. The Morgan fingerprint density at radius 1 is 1.38 bits per heavy atom. The molecule has 130 valence electrons. The van der Waals surface area contributed by atoms with Crippen LogP contribution < -0.4 is 20.1 Å². The molecule has 3 N–H and O–H groups in total. The van der Waals surface area contributed by atoms with E-state index in [1.165, 1.54) is 6.20 Å². The number of amides is 1. The Bertz CT molecular complexity index is 621. The number of methoxy groups -OCH3 is 2. The minimum Gasteiger partial charge on any atom is -0.493 e. The van der Waals surface area contributed by atoms with Crippen LogP contribution in [0.4, 0.5) is 0 Å². The smallest absolute Gasteiger partial charge is 0.263 e. The minimum atomic E-state index is -0.561. The van der Waals surface area contributed by atoms with Gasteiger partial charge in [0.15, 0.2) is 11.5 Å². The SMILES string of the molecule is COc1ccc(CCNC(=O)/C(C#N)=C\NCC(C)O)cc1OC. The van der Waals surface area contributed by atoms with Gasteiger partial charge in [0.2, 0.25) is 0 Å². The molecule has 0 spiro atoms. The van der Waals surface area contributed by atoms with Crippen LogP contribution in [-0.4, -0.2) is 44.4 Å². The lowest BCUT2D eigenvalue weighted by molar-refractivity contribution is -0.117.